The Labute approximate surface area is 105 Å². The lowest BCUT2D eigenvalue weighted by Gasteiger charge is -2.29. The average Bonchev–Trinajstić information content (AvgIpc) is 2.31. The van der Waals surface area contributed by atoms with Gasteiger partial charge in [0.15, 0.2) is 0 Å². The van der Waals surface area contributed by atoms with Gasteiger partial charge in [-0.05, 0) is 18.1 Å². The fourth-order valence-corrected chi connectivity index (χ4v) is 2.09. The summed E-state index contributed by atoms with van der Waals surface area (Å²) in [7, 11) is 0. The van der Waals surface area contributed by atoms with Gasteiger partial charge >= 0.3 is 12.1 Å². The van der Waals surface area contributed by atoms with Crippen molar-refractivity contribution >= 4 is 17.5 Å². The predicted octanol–water partition coefficient (Wildman–Crippen LogP) is 2.93. The third kappa shape index (κ3) is 2.29. The minimum Gasteiger partial charge on any atom is -0.330 e. The van der Waals surface area contributed by atoms with E-state index in [1.807, 2.05) is 0 Å². The molecule has 1 heterocycles. The third-order valence-corrected chi connectivity index (χ3v) is 3.11. The van der Waals surface area contributed by atoms with Crippen molar-refractivity contribution in [1.29, 1.82) is 0 Å². The zero-order valence-electron chi connectivity index (χ0n) is 9.02. The van der Waals surface area contributed by atoms with Crippen molar-refractivity contribution in [3.05, 3.63) is 34.1 Å². The molecular weight excluding hydrogens is 274 g/mol. The molecule has 0 radical (unpaired) electrons. The highest BCUT2D eigenvalue weighted by Crippen LogP contribution is 2.29. The SMILES string of the molecule is O=C(N1CCc2ccc(Cl)c(F)c2C1)C(F)(F)F. The number of hydrogen-bond donors (Lipinski definition) is 0. The first-order valence-corrected chi connectivity index (χ1v) is 5.50. The molecule has 1 aromatic carbocycles. The number of halogens is 5. The molecule has 1 aliphatic heterocycles. The molecule has 0 saturated heterocycles. The van der Waals surface area contributed by atoms with Gasteiger partial charge in [0.25, 0.3) is 0 Å². The van der Waals surface area contributed by atoms with Crippen LogP contribution in [0.2, 0.25) is 5.02 Å². The highest BCUT2D eigenvalue weighted by atomic mass is 35.5. The number of carbonyl (C=O) groups excluding carboxylic acids is 1. The maximum Gasteiger partial charge on any atom is 0.471 e. The van der Waals surface area contributed by atoms with Crippen molar-refractivity contribution in [2.45, 2.75) is 19.1 Å². The van der Waals surface area contributed by atoms with Crippen LogP contribution in [0.4, 0.5) is 17.6 Å². The summed E-state index contributed by atoms with van der Waals surface area (Å²) in [4.78, 5) is 11.7. The van der Waals surface area contributed by atoms with E-state index < -0.39 is 24.4 Å². The van der Waals surface area contributed by atoms with E-state index in [4.69, 9.17) is 11.6 Å². The smallest absolute Gasteiger partial charge is 0.330 e. The quantitative estimate of drug-likeness (QED) is 0.670. The first-order valence-electron chi connectivity index (χ1n) is 5.12. The molecule has 0 atom stereocenters. The Morgan fingerprint density at radius 2 is 2.00 bits per heavy atom. The summed E-state index contributed by atoms with van der Waals surface area (Å²) in [6.07, 6.45) is -4.75. The summed E-state index contributed by atoms with van der Waals surface area (Å²) >= 11 is 5.56. The molecule has 2 nitrogen and oxygen atoms in total. The van der Waals surface area contributed by atoms with E-state index in [1.165, 1.54) is 6.07 Å². The standard InChI is InChI=1S/C11H8ClF4NO/c12-8-2-1-6-3-4-17(5-7(6)9(8)13)10(18)11(14,15)16/h1-2H,3-5H2. The Bertz CT molecular complexity index is 501. The summed E-state index contributed by atoms with van der Waals surface area (Å²) in [6.45, 7) is -0.480. The summed E-state index contributed by atoms with van der Waals surface area (Å²) in [5.74, 6) is -2.71. The molecule has 2 rings (SSSR count). The molecule has 0 saturated carbocycles. The van der Waals surface area contributed by atoms with Gasteiger partial charge < -0.3 is 4.90 Å². The van der Waals surface area contributed by atoms with Crippen molar-refractivity contribution in [3.8, 4) is 0 Å². The maximum atomic E-state index is 13.7. The molecule has 0 unspecified atom stereocenters. The van der Waals surface area contributed by atoms with Crippen molar-refractivity contribution in [2.75, 3.05) is 6.54 Å². The predicted molar refractivity (Wildman–Crippen MR) is 56.6 cm³/mol. The molecule has 18 heavy (non-hydrogen) atoms. The van der Waals surface area contributed by atoms with Gasteiger partial charge in [0.05, 0.1) is 5.02 Å². The number of amides is 1. The Morgan fingerprint density at radius 1 is 1.33 bits per heavy atom. The Kier molecular flexibility index (Phi) is 3.23. The third-order valence-electron chi connectivity index (χ3n) is 2.82. The first-order chi connectivity index (χ1) is 8.30. The summed E-state index contributed by atoms with van der Waals surface area (Å²) in [5.41, 5.74) is 0.648. The number of rotatable bonds is 0. The zero-order chi connectivity index (χ0) is 13.5. The average molecular weight is 282 g/mol. The minimum absolute atomic E-state index is 0.0614. The molecule has 0 fully saturated rings. The maximum absolute atomic E-state index is 13.7. The molecule has 0 aliphatic carbocycles. The van der Waals surface area contributed by atoms with E-state index >= 15 is 0 Å². The zero-order valence-corrected chi connectivity index (χ0v) is 9.78. The van der Waals surface area contributed by atoms with Crippen molar-refractivity contribution < 1.29 is 22.4 Å². The molecule has 0 N–H and O–H groups in total. The van der Waals surface area contributed by atoms with Gasteiger partial charge in [0.2, 0.25) is 0 Å². The van der Waals surface area contributed by atoms with Gasteiger partial charge in [0, 0.05) is 18.7 Å². The Morgan fingerprint density at radius 3 is 2.61 bits per heavy atom. The molecule has 1 aromatic rings. The normalized spacial score (nSPS) is 15.5. The topological polar surface area (TPSA) is 20.3 Å². The lowest BCUT2D eigenvalue weighted by Crippen LogP contribution is -2.44. The van der Waals surface area contributed by atoms with Gasteiger partial charge in [-0.1, -0.05) is 17.7 Å². The van der Waals surface area contributed by atoms with Crippen molar-refractivity contribution in [3.63, 3.8) is 0 Å². The van der Waals surface area contributed by atoms with Crippen LogP contribution in [0.5, 0.6) is 0 Å². The molecule has 0 aromatic heterocycles. The highest BCUT2D eigenvalue weighted by molar-refractivity contribution is 6.30. The fourth-order valence-electron chi connectivity index (χ4n) is 1.92. The number of fused-ring (bicyclic) bond motifs is 1. The summed E-state index contributed by atoms with van der Waals surface area (Å²) < 4.78 is 50.5. The molecule has 0 bridgehead atoms. The number of benzene rings is 1. The molecule has 1 aliphatic rings. The molecular formula is C11H8ClF4NO. The van der Waals surface area contributed by atoms with E-state index in [9.17, 15) is 22.4 Å². The monoisotopic (exact) mass is 281 g/mol. The Balaban J connectivity index is 2.30. The van der Waals surface area contributed by atoms with Crippen LogP contribution in [0.3, 0.4) is 0 Å². The van der Waals surface area contributed by atoms with Gasteiger partial charge in [0.1, 0.15) is 5.82 Å². The summed E-state index contributed by atoms with van der Waals surface area (Å²) in [6, 6.07) is 2.92. The second kappa shape index (κ2) is 4.42. The van der Waals surface area contributed by atoms with E-state index in [1.54, 1.807) is 6.07 Å². The van der Waals surface area contributed by atoms with Crippen LogP contribution < -0.4 is 0 Å². The van der Waals surface area contributed by atoms with Crippen LogP contribution >= 0.6 is 11.6 Å². The number of nitrogens with zero attached hydrogens (tertiary/aromatic N) is 1. The highest BCUT2D eigenvalue weighted by Gasteiger charge is 2.43. The van der Waals surface area contributed by atoms with Gasteiger partial charge in [-0.25, -0.2) is 4.39 Å². The van der Waals surface area contributed by atoms with E-state index in [0.717, 1.165) is 0 Å². The van der Waals surface area contributed by atoms with Crippen LogP contribution in [0.1, 0.15) is 11.1 Å². The van der Waals surface area contributed by atoms with Crippen LogP contribution in [0.25, 0.3) is 0 Å². The molecule has 7 heteroatoms. The molecule has 98 valence electrons. The lowest BCUT2D eigenvalue weighted by atomic mass is 9.99. The molecule has 1 amide bonds. The van der Waals surface area contributed by atoms with Crippen LogP contribution in [-0.2, 0) is 17.8 Å². The first kappa shape index (κ1) is 13.1. The van der Waals surface area contributed by atoms with Gasteiger partial charge in [-0.3, -0.25) is 4.79 Å². The van der Waals surface area contributed by atoms with Crippen LogP contribution in [0, 0.1) is 5.82 Å². The lowest BCUT2D eigenvalue weighted by molar-refractivity contribution is -0.186. The number of hydrogen-bond acceptors (Lipinski definition) is 1. The van der Waals surface area contributed by atoms with E-state index in [0.29, 0.717) is 10.5 Å². The Hall–Kier alpha value is -1.30. The fraction of sp³-hybridized carbons (Fsp3) is 0.364. The minimum atomic E-state index is -4.94. The van der Waals surface area contributed by atoms with Crippen molar-refractivity contribution in [1.82, 2.24) is 4.90 Å². The van der Waals surface area contributed by atoms with Gasteiger partial charge in [-0.2, -0.15) is 13.2 Å². The number of alkyl halides is 3. The van der Waals surface area contributed by atoms with Crippen LogP contribution in [-0.4, -0.2) is 23.5 Å². The van der Waals surface area contributed by atoms with Gasteiger partial charge in [-0.15, -0.1) is 0 Å². The largest absolute Gasteiger partial charge is 0.471 e. The van der Waals surface area contributed by atoms with Crippen LogP contribution in [0.15, 0.2) is 12.1 Å². The number of carbonyl (C=O) groups is 1. The second-order valence-electron chi connectivity index (χ2n) is 3.97. The molecule has 0 spiro atoms. The van der Waals surface area contributed by atoms with Crippen molar-refractivity contribution in [2.24, 2.45) is 0 Å². The van der Waals surface area contributed by atoms with E-state index in [-0.39, 0.29) is 23.6 Å². The summed E-state index contributed by atoms with van der Waals surface area (Å²) in [5, 5.41) is -0.157. The van der Waals surface area contributed by atoms with E-state index in [2.05, 4.69) is 0 Å². The second-order valence-corrected chi connectivity index (χ2v) is 4.38.